The van der Waals surface area contributed by atoms with E-state index in [9.17, 15) is 4.79 Å². The van der Waals surface area contributed by atoms with Crippen molar-refractivity contribution in [2.45, 2.75) is 26.2 Å². The number of hydrazine groups is 1. The first kappa shape index (κ1) is 15.2. The fraction of sp³-hybridized carbons (Fsp3) is 0.286. The minimum Gasteiger partial charge on any atom is -0.375 e. The Morgan fingerprint density at radius 2 is 1.79 bits per heavy atom. The number of nitrogens with two attached hydrogens (primary N) is 1. The average molecular weight is 277 g/mol. The van der Waals surface area contributed by atoms with Crippen LogP contribution in [0.4, 0.5) is 0 Å². The molecule has 5 heteroatoms. The molecule has 0 atom stereocenters. The van der Waals surface area contributed by atoms with E-state index in [1.54, 1.807) is 6.08 Å². The highest BCUT2D eigenvalue weighted by atomic mass is 32.1. The Hall–Kier alpha value is -1.88. The lowest BCUT2D eigenvalue weighted by Gasteiger charge is -2.18. The molecule has 0 spiro atoms. The Morgan fingerprint density at radius 1 is 1.21 bits per heavy atom. The molecule has 0 aromatic heterocycles. The second-order valence-corrected chi connectivity index (χ2v) is 5.62. The third kappa shape index (κ3) is 5.52. The number of rotatable bonds is 2. The molecule has 0 heterocycles. The molecule has 1 amide bonds. The van der Waals surface area contributed by atoms with Gasteiger partial charge in [0.15, 0.2) is 5.11 Å². The first-order chi connectivity index (χ1) is 8.79. The van der Waals surface area contributed by atoms with Gasteiger partial charge in [0, 0.05) is 6.08 Å². The number of hydrogen-bond donors (Lipinski definition) is 3. The van der Waals surface area contributed by atoms with Gasteiger partial charge in [-0.2, -0.15) is 0 Å². The Kier molecular flexibility index (Phi) is 5.06. The summed E-state index contributed by atoms with van der Waals surface area (Å²) in [4.78, 5) is 11.4. The van der Waals surface area contributed by atoms with E-state index in [1.165, 1.54) is 11.6 Å². The zero-order valence-electron chi connectivity index (χ0n) is 11.4. The predicted molar refractivity (Wildman–Crippen MR) is 82.2 cm³/mol. The summed E-state index contributed by atoms with van der Waals surface area (Å²) < 4.78 is 0. The van der Waals surface area contributed by atoms with Crippen molar-refractivity contribution in [3.05, 3.63) is 41.5 Å². The molecule has 1 aromatic rings. The van der Waals surface area contributed by atoms with Crippen molar-refractivity contribution in [1.82, 2.24) is 10.9 Å². The van der Waals surface area contributed by atoms with Crippen LogP contribution in [0.1, 0.15) is 31.9 Å². The van der Waals surface area contributed by atoms with Crippen LogP contribution in [0.5, 0.6) is 0 Å². The van der Waals surface area contributed by atoms with Crippen LogP contribution in [0.2, 0.25) is 0 Å². The van der Waals surface area contributed by atoms with E-state index in [4.69, 9.17) is 5.73 Å². The third-order valence-corrected chi connectivity index (χ3v) is 2.61. The monoisotopic (exact) mass is 277 g/mol. The maximum absolute atomic E-state index is 11.4. The topological polar surface area (TPSA) is 67.2 Å². The van der Waals surface area contributed by atoms with Gasteiger partial charge in [-0.15, -0.1) is 0 Å². The molecule has 0 fully saturated rings. The molecular formula is C14H19N3OS. The minimum absolute atomic E-state index is 0.0243. The van der Waals surface area contributed by atoms with Gasteiger partial charge in [0.1, 0.15) is 0 Å². The second-order valence-electron chi connectivity index (χ2n) is 5.18. The van der Waals surface area contributed by atoms with Gasteiger partial charge in [-0.1, -0.05) is 45.0 Å². The van der Waals surface area contributed by atoms with Crippen LogP contribution in [0.25, 0.3) is 6.08 Å². The summed E-state index contributed by atoms with van der Waals surface area (Å²) in [5.41, 5.74) is 12.2. The Labute approximate surface area is 119 Å². The summed E-state index contributed by atoms with van der Waals surface area (Å²) in [5.74, 6) is -0.312. The molecule has 1 aromatic carbocycles. The van der Waals surface area contributed by atoms with E-state index >= 15 is 0 Å². The highest BCUT2D eigenvalue weighted by Gasteiger charge is 2.12. The van der Waals surface area contributed by atoms with Crippen molar-refractivity contribution in [3.8, 4) is 0 Å². The SMILES string of the molecule is CC(C)(C)c1ccc(/C=C/C(=O)NNC(N)=S)cc1. The summed E-state index contributed by atoms with van der Waals surface area (Å²) >= 11 is 4.57. The summed E-state index contributed by atoms with van der Waals surface area (Å²) in [6.45, 7) is 6.48. The van der Waals surface area contributed by atoms with Crippen molar-refractivity contribution in [2.75, 3.05) is 0 Å². The minimum atomic E-state index is -0.312. The van der Waals surface area contributed by atoms with E-state index in [-0.39, 0.29) is 16.4 Å². The maximum atomic E-state index is 11.4. The zero-order chi connectivity index (χ0) is 14.5. The quantitative estimate of drug-likeness (QED) is 0.438. The molecule has 102 valence electrons. The zero-order valence-corrected chi connectivity index (χ0v) is 12.2. The first-order valence-electron chi connectivity index (χ1n) is 5.93. The van der Waals surface area contributed by atoms with Gasteiger partial charge in [0.25, 0.3) is 5.91 Å². The van der Waals surface area contributed by atoms with Gasteiger partial charge in [-0.05, 0) is 34.8 Å². The fourth-order valence-electron chi connectivity index (χ4n) is 1.43. The number of benzene rings is 1. The van der Waals surface area contributed by atoms with Crippen LogP contribution >= 0.6 is 12.2 Å². The van der Waals surface area contributed by atoms with Crippen molar-refractivity contribution in [2.24, 2.45) is 5.73 Å². The largest absolute Gasteiger partial charge is 0.375 e. The van der Waals surface area contributed by atoms with Crippen molar-refractivity contribution >= 4 is 29.3 Å². The van der Waals surface area contributed by atoms with Crippen LogP contribution in [-0.2, 0) is 10.2 Å². The van der Waals surface area contributed by atoms with E-state index in [0.29, 0.717) is 0 Å². The molecule has 0 aliphatic rings. The molecule has 4 N–H and O–H groups in total. The van der Waals surface area contributed by atoms with Crippen LogP contribution in [0.3, 0.4) is 0 Å². The molecule has 0 aliphatic carbocycles. The van der Waals surface area contributed by atoms with Crippen LogP contribution < -0.4 is 16.6 Å². The van der Waals surface area contributed by atoms with Gasteiger partial charge in [-0.25, -0.2) is 0 Å². The Morgan fingerprint density at radius 3 is 2.26 bits per heavy atom. The van der Waals surface area contributed by atoms with Crippen LogP contribution in [-0.4, -0.2) is 11.0 Å². The predicted octanol–water partition coefficient (Wildman–Crippen LogP) is 1.86. The standard InChI is InChI=1S/C14H19N3OS/c1-14(2,3)11-7-4-10(5-8-11)6-9-12(18)16-17-13(15)19/h4-9H,1-3H3,(H,16,18)(H3,15,17,19)/b9-6+. The van der Waals surface area contributed by atoms with E-state index < -0.39 is 0 Å². The maximum Gasteiger partial charge on any atom is 0.262 e. The third-order valence-electron chi connectivity index (χ3n) is 2.51. The molecule has 0 saturated carbocycles. The van der Waals surface area contributed by atoms with Crippen molar-refractivity contribution in [1.29, 1.82) is 0 Å². The molecule has 1 rings (SSSR count). The number of thiocarbonyl (C=S) groups is 1. The molecule has 0 saturated heterocycles. The van der Waals surface area contributed by atoms with Gasteiger partial charge < -0.3 is 5.73 Å². The lowest BCUT2D eigenvalue weighted by Crippen LogP contribution is -2.43. The smallest absolute Gasteiger partial charge is 0.262 e. The summed E-state index contributed by atoms with van der Waals surface area (Å²) in [6, 6.07) is 8.08. The first-order valence-corrected chi connectivity index (χ1v) is 6.34. The van der Waals surface area contributed by atoms with Gasteiger partial charge in [-0.3, -0.25) is 15.6 Å². The number of carbonyl (C=O) groups is 1. The van der Waals surface area contributed by atoms with E-state index in [2.05, 4.69) is 56.0 Å². The Balaban J connectivity index is 2.63. The van der Waals surface area contributed by atoms with E-state index in [1.807, 2.05) is 12.1 Å². The van der Waals surface area contributed by atoms with Gasteiger partial charge >= 0.3 is 0 Å². The molecular weight excluding hydrogens is 258 g/mol. The highest BCUT2D eigenvalue weighted by molar-refractivity contribution is 7.80. The lowest BCUT2D eigenvalue weighted by atomic mass is 9.87. The normalized spacial score (nSPS) is 11.3. The number of carbonyl (C=O) groups excluding carboxylic acids is 1. The van der Waals surface area contributed by atoms with Gasteiger partial charge in [0.2, 0.25) is 0 Å². The van der Waals surface area contributed by atoms with Gasteiger partial charge in [0.05, 0.1) is 0 Å². The van der Waals surface area contributed by atoms with Crippen LogP contribution in [0.15, 0.2) is 30.3 Å². The number of amides is 1. The average Bonchev–Trinajstić information content (AvgIpc) is 2.33. The summed E-state index contributed by atoms with van der Waals surface area (Å²) in [6.07, 6.45) is 3.14. The molecule has 0 bridgehead atoms. The summed E-state index contributed by atoms with van der Waals surface area (Å²) in [5, 5.41) is 0.0243. The highest BCUT2D eigenvalue weighted by Crippen LogP contribution is 2.22. The van der Waals surface area contributed by atoms with Crippen molar-refractivity contribution in [3.63, 3.8) is 0 Å². The molecule has 0 unspecified atom stereocenters. The molecule has 4 nitrogen and oxygen atoms in total. The molecule has 0 radical (unpaired) electrons. The summed E-state index contributed by atoms with van der Waals surface area (Å²) in [7, 11) is 0. The van der Waals surface area contributed by atoms with Crippen LogP contribution in [0, 0.1) is 0 Å². The Bertz CT molecular complexity index is 486. The molecule has 0 aliphatic heterocycles. The second kappa shape index (κ2) is 6.33. The lowest BCUT2D eigenvalue weighted by molar-refractivity contribution is -0.116. The molecule has 19 heavy (non-hydrogen) atoms. The van der Waals surface area contributed by atoms with Crippen molar-refractivity contribution < 1.29 is 4.79 Å². The number of hydrogen-bond acceptors (Lipinski definition) is 2. The number of nitrogens with one attached hydrogen (secondary N) is 2. The van der Waals surface area contributed by atoms with E-state index in [0.717, 1.165) is 5.56 Å². The fourth-order valence-corrected chi connectivity index (χ4v) is 1.48.